The number of carbonyl (C=O) groups excluding carboxylic acids is 1. The topological polar surface area (TPSA) is 78.9 Å². The Hall–Kier alpha value is -1.08. The Kier molecular flexibility index (Phi) is 5.27. The van der Waals surface area contributed by atoms with Crippen LogP contribution in [0.25, 0.3) is 0 Å². The lowest BCUT2D eigenvalue weighted by Gasteiger charge is -2.26. The molecule has 16 heavy (non-hydrogen) atoms. The van der Waals surface area contributed by atoms with Gasteiger partial charge in [0.15, 0.2) is 0 Å². The average molecular weight is 223 g/mol. The predicted octanol–water partition coefficient (Wildman–Crippen LogP) is 1.31. The van der Waals surface area contributed by atoms with E-state index in [-0.39, 0.29) is 23.9 Å². The third-order valence-electron chi connectivity index (χ3n) is 3.32. The van der Waals surface area contributed by atoms with Gasteiger partial charge in [0, 0.05) is 18.0 Å². The van der Waals surface area contributed by atoms with Gasteiger partial charge < -0.3 is 11.1 Å². The Bertz CT molecular complexity index is 264. The first-order valence-electron chi connectivity index (χ1n) is 6.10. The second-order valence-corrected chi connectivity index (χ2v) is 4.59. The minimum Gasteiger partial charge on any atom is -0.352 e. The largest absolute Gasteiger partial charge is 0.352 e. The monoisotopic (exact) mass is 223 g/mol. The number of amides is 1. The van der Waals surface area contributed by atoms with Crippen LogP contribution in [-0.4, -0.2) is 18.0 Å². The molecule has 0 radical (unpaired) electrons. The van der Waals surface area contributed by atoms with Crippen LogP contribution in [0.1, 0.15) is 45.4 Å². The quantitative estimate of drug-likeness (QED) is 0.754. The highest BCUT2D eigenvalue weighted by molar-refractivity contribution is 5.79. The number of nitrogens with one attached hydrogen (secondary N) is 1. The van der Waals surface area contributed by atoms with Crippen LogP contribution < -0.4 is 11.1 Å². The van der Waals surface area contributed by atoms with Gasteiger partial charge in [-0.1, -0.05) is 6.92 Å². The van der Waals surface area contributed by atoms with Crippen LogP contribution in [0.15, 0.2) is 0 Å². The van der Waals surface area contributed by atoms with Gasteiger partial charge in [-0.25, -0.2) is 0 Å². The maximum absolute atomic E-state index is 11.9. The van der Waals surface area contributed by atoms with Gasteiger partial charge in [0.05, 0.1) is 12.5 Å². The summed E-state index contributed by atoms with van der Waals surface area (Å²) in [4.78, 5) is 11.9. The van der Waals surface area contributed by atoms with E-state index >= 15 is 0 Å². The summed E-state index contributed by atoms with van der Waals surface area (Å²) in [5, 5.41) is 11.6. The molecular formula is C12H21N3O. The number of nitrogens with two attached hydrogens (primary N) is 1. The van der Waals surface area contributed by atoms with Gasteiger partial charge in [0.1, 0.15) is 0 Å². The normalized spacial score (nSPS) is 26.8. The first-order valence-corrected chi connectivity index (χ1v) is 6.10. The summed E-state index contributed by atoms with van der Waals surface area (Å²) in [6.07, 6.45) is 4.85. The average Bonchev–Trinajstić information content (AvgIpc) is 2.29. The van der Waals surface area contributed by atoms with Gasteiger partial charge >= 0.3 is 0 Å². The maximum Gasteiger partial charge on any atom is 0.223 e. The summed E-state index contributed by atoms with van der Waals surface area (Å²) in [5.74, 6) is 0.210. The lowest BCUT2D eigenvalue weighted by molar-refractivity contribution is -0.126. The third kappa shape index (κ3) is 3.82. The Morgan fingerprint density at radius 1 is 1.50 bits per heavy atom. The van der Waals surface area contributed by atoms with Crippen LogP contribution in [0.3, 0.4) is 0 Å². The molecule has 0 aromatic carbocycles. The Morgan fingerprint density at radius 3 is 2.62 bits per heavy atom. The van der Waals surface area contributed by atoms with Crippen molar-refractivity contribution in [3.05, 3.63) is 0 Å². The lowest BCUT2D eigenvalue weighted by Crippen LogP contribution is -2.41. The number of nitrogens with zero attached hydrogens (tertiary/aromatic N) is 1. The van der Waals surface area contributed by atoms with Crippen LogP contribution in [0.4, 0.5) is 0 Å². The smallest absolute Gasteiger partial charge is 0.223 e. The van der Waals surface area contributed by atoms with Crippen LogP contribution in [-0.2, 0) is 4.79 Å². The summed E-state index contributed by atoms with van der Waals surface area (Å²) in [6, 6.07) is 2.38. The van der Waals surface area contributed by atoms with Crippen molar-refractivity contribution in [3.63, 3.8) is 0 Å². The molecule has 0 aromatic heterocycles. The van der Waals surface area contributed by atoms with E-state index in [1.165, 1.54) is 0 Å². The first kappa shape index (κ1) is 13.0. The molecule has 1 fully saturated rings. The van der Waals surface area contributed by atoms with Gasteiger partial charge in [-0.3, -0.25) is 4.79 Å². The van der Waals surface area contributed by atoms with Crippen molar-refractivity contribution in [2.24, 2.45) is 11.7 Å². The van der Waals surface area contributed by atoms with Gasteiger partial charge in [0.25, 0.3) is 0 Å². The lowest BCUT2D eigenvalue weighted by atomic mass is 9.85. The van der Waals surface area contributed by atoms with Gasteiger partial charge in [-0.15, -0.1) is 0 Å². The number of rotatable bonds is 4. The summed E-state index contributed by atoms with van der Waals surface area (Å²) in [7, 11) is 0. The van der Waals surface area contributed by atoms with Gasteiger partial charge in [-0.05, 0) is 32.1 Å². The van der Waals surface area contributed by atoms with E-state index in [0.717, 1.165) is 32.1 Å². The molecule has 1 unspecified atom stereocenters. The predicted molar refractivity (Wildman–Crippen MR) is 62.4 cm³/mol. The zero-order chi connectivity index (χ0) is 12.0. The SMILES string of the molecule is CCC(CC#N)NC(=O)C1CCC(N)CC1. The molecule has 3 N–H and O–H groups in total. The number of nitriles is 1. The first-order chi connectivity index (χ1) is 7.67. The van der Waals surface area contributed by atoms with Crippen LogP contribution in [0, 0.1) is 17.2 Å². The number of hydrogen-bond donors (Lipinski definition) is 2. The standard InChI is InChI=1S/C12H21N3O/c1-2-11(7-8-13)15-12(16)9-3-5-10(14)6-4-9/h9-11H,2-7,14H2,1H3,(H,15,16). The highest BCUT2D eigenvalue weighted by Gasteiger charge is 2.25. The molecule has 4 nitrogen and oxygen atoms in total. The second-order valence-electron chi connectivity index (χ2n) is 4.59. The molecule has 1 rings (SSSR count). The molecule has 90 valence electrons. The van der Waals surface area contributed by atoms with E-state index in [2.05, 4.69) is 11.4 Å². The van der Waals surface area contributed by atoms with Crippen molar-refractivity contribution in [1.82, 2.24) is 5.32 Å². The minimum absolute atomic E-state index is 0.00750. The molecule has 1 aliphatic rings. The molecule has 0 aromatic rings. The fourth-order valence-electron chi connectivity index (χ4n) is 2.11. The number of carbonyl (C=O) groups is 1. The summed E-state index contributed by atoms with van der Waals surface area (Å²) < 4.78 is 0. The second kappa shape index (κ2) is 6.49. The van der Waals surface area contributed by atoms with Crippen molar-refractivity contribution in [3.8, 4) is 6.07 Å². The molecule has 0 saturated heterocycles. The Morgan fingerprint density at radius 2 is 2.12 bits per heavy atom. The maximum atomic E-state index is 11.9. The van der Waals surface area contributed by atoms with Crippen molar-refractivity contribution in [2.45, 2.75) is 57.5 Å². The molecule has 1 aliphatic carbocycles. The Balaban J connectivity index is 2.37. The third-order valence-corrected chi connectivity index (χ3v) is 3.32. The van der Waals surface area contributed by atoms with Gasteiger partial charge in [-0.2, -0.15) is 5.26 Å². The molecule has 1 amide bonds. The molecule has 0 bridgehead atoms. The van der Waals surface area contributed by atoms with Crippen LogP contribution in [0.2, 0.25) is 0 Å². The fourth-order valence-corrected chi connectivity index (χ4v) is 2.11. The van der Waals surface area contributed by atoms with E-state index in [4.69, 9.17) is 11.0 Å². The molecule has 1 atom stereocenters. The minimum atomic E-state index is 0.00750. The zero-order valence-electron chi connectivity index (χ0n) is 9.91. The van der Waals surface area contributed by atoms with Crippen LogP contribution in [0.5, 0.6) is 0 Å². The molecule has 0 aliphatic heterocycles. The molecule has 1 saturated carbocycles. The van der Waals surface area contributed by atoms with E-state index in [1.54, 1.807) is 0 Å². The fraction of sp³-hybridized carbons (Fsp3) is 0.833. The summed E-state index contributed by atoms with van der Waals surface area (Å²) in [5.41, 5.74) is 5.80. The van der Waals surface area contributed by atoms with E-state index in [9.17, 15) is 4.79 Å². The van der Waals surface area contributed by atoms with E-state index in [1.807, 2.05) is 6.92 Å². The Labute approximate surface area is 97.2 Å². The highest BCUT2D eigenvalue weighted by Crippen LogP contribution is 2.23. The molecule has 4 heteroatoms. The van der Waals surface area contributed by atoms with Crippen LogP contribution >= 0.6 is 0 Å². The zero-order valence-corrected chi connectivity index (χ0v) is 9.91. The van der Waals surface area contributed by atoms with Crippen molar-refractivity contribution in [2.75, 3.05) is 0 Å². The van der Waals surface area contributed by atoms with Gasteiger partial charge in [0.2, 0.25) is 5.91 Å². The summed E-state index contributed by atoms with van der Waals surface area (Å²) in [6.45, 7) is 1.99. The number of hydrogen-bond acceptors (Lipinski definition) is 3. The highest BCUT2D eigenvalue weighted by atomic mass is 16.1. The van der Waals surface area contributed by atoms with E-state index in [0.29, 0.717) is 6.42 Å². The molecular weight excluding hydrogens is 202 g/mol. The van der Waals surface area contributed by atoms with Crippen molar-refractivity contribution >= 4 is 5.91 Å². The molecule has 0 heterocycles. The molecule has 0 spiro atoms. The van der Waals surface area contributed by atoms with Crippen molar-refractivity contribution < 1.29 is 4.79 Å². The summed E-state index contributed by atoms with van der Waals surface area (Å²) >= 11 is 0. The van der Waals surface area contributed by atoms with E-state index < -0.39 is 0 Å². The van der Waals surface area contributed by atoms with Crippen molar-refractivity contribution in [1.29, 1.82) is 5.26 Å².